The van der Waals surface area contributed by atoms with E-state index in [4.69, 9.17) is 5.73 Å². The molecule has 1 fully saturated rings. The van der Waals surface area contributed by atoms with E-state index in [1.54, 1.807) is 0 Å². The second-order valence-electron chi connectivity index (χ2n) is 4.97. The van der Waals surface area contributed by atoms with Gasteiger partial charge in [0, 0.05) is 12.6 Å². The topological polar surface area (TPSA) is 72.2 Å². The average molecular weight is 248 g/mol. The summed E-state index contributed by atoms with van der Waals surface area (Å²) in [5.41, 5.74) is 5.58. The molecule has 0 saturated heterocycles. The Kier molecular flexibility index (Phi) is 5.21. The maximum Gasteiger partial charge on any atom is 0.212 e. The molecule has 96 valence electrons. The van der Waals surface area contributed by atoms with Crippen LogP contribution in [0.2, 0.25) is 0 Å². The number of rotatable bonds is 8. The molecule has 0 aromatic rings. The van der Waals surface area contributed by atoms with Gasteiger partial charge in [0.2, 0.25) is 10.0 Å². The number of hydrogen-bond donors (Lipinski definition) is 2. The van der Waals surface area contributed by atoms with Gasteiger partial charge in [-0.2, -0.15) is 0 Å². The minimum absolute atomic E-state index is 0.0428. The van der Waals surface area contributed by atoms with E-state index in [9.17, 15) is 8.42 Å². The Morgan fingerprint density at radius 2 is 2.06 bits per heavy atom. The summed E-state index contributed by atoms with van der Waals surface area (Å²) in [6.07, 6.45) is 4.20. The fourth-order valence-corrected chi connectivity index (χ4v) is 3.83. The van der Waals surface area contributed by atoms with Crippen LogP contribution in [0, 0.1) is 11.8 Å². The number of sulfonamides is 1. The van der Waals surface area contributed by atoms with Crippen molar-refractivity contribution in [3.8, 4) is 0 Å². The molecule has 5 heteroatoms. The van der Waals surface area contributed by atoms with Crippen LogP contribution in [-0.4, -0.2) is 26.8 Å². The lowest BCUT2D eigenvalue weighted by atomic mass is 10.1. The molecular formula is C11H24N2O2S. The summed E-state index contributed by atoms with van der Waals surface area (Å²) >= 11 is 0. The second-order valence-corrected chi connectivity index (χ2v) is 6.77. The van der Waals surface area contributed by atoms with Gasteiger partial charge in [-0.05, 0) is 31.1 Å². The van der Waals surface area contributed by atoms with Crippen LogP contribution in [0.15, 0.2) is 0 Å². The fraction of sp³-hybridized carbons (Fsp3) is 1.00. The Bertz CT molecular complexity index is 299. The second kappa shape index (κ2) is 5.98. The first-order valence-corrected chi connectivity index (χ1v) is 7.83. The van der Waals surface area contributed by atoms with E-state index in [2.05, 4.69) is 11.6 Å². The molecule has 1 aliphatic carbocycles. The van der Waals surface area contributed by atoms with Crippen LogP contribution in [0.1, 0.15) is 39.5 Å². The molecule has 0 amide bonds. The van der Waals surface area contributed by atoms with E-state index >= 15 is 0 Å². The highest BCUT2D eigenvalue weighted by Crippen LogP contribution is 2.32. The van der Waals surface area contributed by atoms with E-state index in [1.165, 1.54) is 0 Å². The Labute approximate surface area is 99.0 Å². The van der Waals surface area contributed by atoms with Gasteiger partial charge in [0.15, 0.2) is 0 Å². The third-order valence-corrected chi connectivity index (χ3v) is 4.73. The van der Waals surface area contributed by atoms with Crippen LogP contribution in [-0.2, 0) is 10.0 Å². The SMILES string of the molecule is CCCC(C)CS(=O)(=O)NC(CN)C1CC1. The predicted molar refractivity (Wildman–Crippen MR) is 66.6 cm³/mol. The molecule has 0 heterocycles. The van der Waals surface area contributed by atoms with Gasteiger partial charge in [-0.1, -0.05) is 20.3 Å². The largest absolute Gasteiger partial charge is 0.329 e. The molecule has 2 unspecified atom stereocenters. The van der Waals surface area contributed by atoms with Gasteiger partial charge in [0.25, 0.3) is 0 Å². The molecule has 2 atom stereocenters. The third kappa shape index (κ3) is 4.80. The highest BCUT2D eigenvalue weighted by molar-refractivity contribution is 7.89. The van der Waals surface area contributed by atoms with Gasteiger partial charge in [-0.3, -0.25) is 0 Å². The molecule has 4 nitrogen and oxygen atoms in total. The summed E-state index contributed by atoms with van der Waals surface area (Å²) in [5, 5.41) is 0. The van der Waals surface area contributed by atoms with Crippen molar-refractivity contribution in [3.63, 3.8) is 0 Å². The van der Waals surface area contributed by atoms with Crippen molar-refractivity contribution < 1.29 is 8.42 Å². The minimum atomic E-state index is -3.15. The Hall–Kier alpha value is -0.130. The first-order valence-electron chi connectivity index (χ1n) is 6.18. The first-order chi connectivity index (χ1) is 7.48. The van der Waals surface area contributed by atoms with Gasteiger partial charge in [0.05, 0.1) is 5.75 Å². The predicted octanol–water partition coefficient (Wildman–Crippen LogP) is 1.08. The molecule has 1 aliphatic rings. The van der Waals surface area contributed by atoms with Crippen molar-refractivity contribution in [1.82, 2.24) is 4.72 Å². The Balaban J connectivity index is 2.43. The zero-order valence-corrected chi connectivity index (χ0v) is 11.1. The van der Waals surface area contributed by atoms with E-state index in [0.29, 0.717) is 12.5 Å². The van der Waals surface area contributed by atoms with Gasteiger partial charge in [-0.25, -0.2) is 13.1 Å². The summed E-state index contributed by atoms with van der Waals surface area (Å²) in [4.78, 5) is 0. The monoisotopic (exact) mass is 248 g/mol. The number of nitrogens with two attached hydrogens (primary N) is 1. The lowest BCUT2D eigenvalue weighted by molar-refractivity contribution is 0.501. The van der Waals surface area contributed by atoms with Gasteiger partial charge in [-0.15, -0.1) is 0 Å². The molecule has 0 aromatic carbocycles. The van der Waals surface area contributed by atoms with Crippen LogP contribution >= 0.6 is 0 Å². The Morgan fingerprint density at radius 3 is 2.50 bits per heavy atom. The molecular weight excluding hydrogens is 224 g/mol. The fourth-order valence-electron chi connectivity index (χ4n) is 2.06. The minimum Gasteiger partial charge on any atom is -0.329 e. The van der Waals surface area contributed by atoms with E-state index < -0.39 is 10.0 Å². The summed E-state index contributed by atoms with van der Waals surface area (Å²) in [6.45, 7) is 4.47. The van der Waals surface area contributed by atoms with E-state index in [-0.39, 0.29) is 17.7 Å². The Morgan fingerprint density at radius 1 is 1.44 bits per heavy atom. The normalized spacial score (nSPS) is 20.7. The van der Waals surface area contributed by atoms with E-state index in [1.807, 2.05) is 6.92 Å². The van der Waals surface area contributed by atoms with Crippen LogP contribution in [0.3, 0.4) is 0 Å². The van der Waals surface area contributed by atoms with Crippen molar-refractivity contribution in [3.05, 3.63) is 0 Å². The standard InChI is InChI=1S/C11H24N2O2S/c1-3-4-9(2)8-16(14,15)13-11(7-12)10-5-6-10/h9-11,13H,3-8,12H2,1-2H3. The van der Waals surface area contributed by atoms with Crippen LogP contribution in [0.4, 0.5) is 0 Å². The third-order valence-electron chi connectivity index (χ3n) is 3.06. The summed E-state index contributed by atoms with van der Waals surface area (Å²) in [6, 6.07) is -0.0428. The molecule has 1 saturated carbocycles. The van der Waals surface area contributed by atoms with E-state index in [0.717, 1.165) is 25.7 Å². The summed E-state index contributed by atoms with van der Waals surface area (Å²) < 4.78 is 26.4. The van der Waals surface area contributed by atoms with Crippen molar-refractivity contribution in [1.29, 1.82) is 0 Å². The smallest absolute Gasteiger partial charge is 0.212 e. The van der Waals surface area contributed by atoms with Crippen molar-refractivity contribution in [2.45, 2.75) is 45.6 Å². The van der Waals surface area contributed by atoms with Crippen molar-refractivity contribution in [2.24, 2.45) is 17.6 Å². The zero-order chi connectivity index (χ0) is 12.2. The molecule has 0 aromatic heterocycles. The molecule has 0 aliphatic heterocycles. The highest BCUT2D eigenvalue weighted by Gasteiger charge is 2.33. The molecule has 1 rings (SSSR count). The lowest BCUT2D eigenvalue weighted by Gasteiger charge is -2.18. The average Bonchev–Trinajstić information content (AvgIpc) is 2.96. The number of hydrogen-bond acceptors (Lipinski definition) is 3. The van der Waals surface area contributed by atoms with Crippen LogP contribution < -0.4 is 10.5 Å². The van der Waals surface area contributed by atoms with Gasteiger partial charge < -0.3 is 5.73 Å². The quantitative estimate of drug-likeness (QED) is 0.675. The van der Waals surface area contributed by atoms with Crippen molar-refractivity contribution >= 4 is 10.0 Å². The molecule has 16 heavy (non-hydrogen) atoms. The summed E-state index contributed by atoms with van der Waals surface area (Å²) in [5.74, 6) is 0.922. The maximum absolute atomic E-state index is 11.9. The van der Waals surface area contributed by atoms with Crippen molar-refractivity contribution in [2.75, 3.05) is 12.3 Å². The van der Waals surface area contributed by atoms with Gasteiger partial charge in [0.1, 0.15) is 0 Å². The number of nitrogens with one attached hydrogen (secondary N) is 1. The zero-order valence-electron chi connectivity index (χ0n) is 10.3. The lowest BCUT2D eigenvalue weighted by Crippen LogP contribution is -2.43. The first kappa shape index (κ1) is 13.9. The molecule has 3 N–H and O–H groups in total. The highest BCUT2D eigenvalue weighted by atomic mass is 32.2. The maximum atomic E-state index is 11.9. The summed E-state index contributed by atoms with van der Waals surface area (Å²) in [7, 11) is -3.15. The molecule has 0 bridgehead atoms. The van der Waals surface area contributed by atoms with Crippen LogP contribution in [0.25, 0.3) is 0 Å². The van der Waals surface area contributed by atoms with Crippen LogP contribution in [0.5, 0.6) is 0 Å². The molecule has 0 radical (unpaired) electrons. The molecule has 0 spiro atoms. The van der Waals surface area contributed by atoms with Gasteiger partial charge >= 0.3 is 0 Å².